The molecule has 8 heteroatoms. The molecule has 0 fully saturated rings. The summed E-state index contributed by atoms with van der Waals surface area (Å²) in [5, 5.41) is 10.0. The molecule has 1 aromatic carbocycles. The number of hydrogen-bond acceptors (Lipinski definition) is 4. The van der Waals surface area contributed by atoms with Gasteiger partial charge < -0.3 is 10.8 Å². The Morgan fingerprint density at radius 3 is 2.35 bits per heavy atom. The van der Waals surface area contributed by atoms with E-state index in [-0.39, 0.29) is 6.54 Å². The van der Waals surface area contributed by atoms with Gasteiger partial charge in [-0.25, -0.2) is 21.9 Å². The lowest BCUT2D eigenvalue weighted by atomic mass is 9.98. The first-order chi connectivity index (χ1) is 9.17. The number of halogens is 2. The third-order valence-electron chi connectivity index (χ3n) is 3.29. The largest absolute Gasteiger partial charge is 0.394 e. The van der Waals surface area contributed by atoms with Crippen molar-refractivity contribution in [2.75, 3.05) is 12.3 Å². The first-order valence-electron chi connectivity index (χ1n) is 6.12. The van der Waals surface area contributed by atoms with Crippen molar-refractivity contribution in [3.8, 4) is 0 Å². The fraction of sp³-hybridized carbons (Fsp3) is 0.500. The van der Waals surface area contributed by atoms with E-state index in [2.05, 4.69) is 4.72 Å². The summed E-state index contributed by atoms with van der Waals surface area (Å²) in [7, 11) is -4.22. The highest BCUT2D eigenvalue weighted by molar-refractivity contribution is 7.89. The van der Waals surface area contributed by atoms with Gasteiger partial charge in [-0.1, -0.05) is 13.8 Å². The lowest BCUT2D eigenvalue weighted by molar-refractivity contribution is 0.0377. The van der Waals surface area contributed by atoms with Crippen molar-refractivity contribution in [3.05, 3.63) is 23.8 Å². The molecule has 1 rings (SSSR count). The maximum Gasteiger partial charge on any atom is 0.243 e. The topological polar surface area (TPSA) is 92.4 Å². The molecule has 0 saturated heterocycles. The summed E-state index contributed by atoms with van der Waals surface area (Å²) in [6, 6.07) is 1.57. The Labute approximate surface area is 116 Å². The van der Waals surface area contributed by atoms with Gasteiger partial charge in [0, 0.05) is 6.54 Å². The van der Waals surface area contributed by atoms with E-state index in [1.807, 2.05) is 0 Å². The minimum atomic E-state index is -4.22. The number of nitrogens with two attached hydrogens (primary N) is 1. The van der Waals surface area contributed by atoms with Crippen LogP contribution in [0.25, 0.3) is 0 Å². The van der Waals surface area contributed by atoms with Gasteiger partial charge in [-0.3, -0.25) is 0 Å². The molecule has 0 amide bonds. The van der Waals surface area contributed by atoms with Crippen molar-refractivity contribution in [2.24, 2.45) is 0 Å². The second-order valence-electron chi connectivity index (χ2n) is 4.53. The quantitative estimate of drug-likeness (QED) is 0.692. The van der Waals surface area contributed by atoms with Gasteiger partial charge in [-0.15, -0.1) is 0 Å². The van der Waals surface area contributed by atoms with Crippen molar-refractivity contribution in [2.45, 2.75) is 37.2 Å². The minimum absolute atomic E-state index is 0.265. The molecule has 5 nitrogen and oxygen atoms in total. The van der Waals surface area contributed by atoms with Crippen LogP contribution in [0.1, 0.15) is 26.7 Å². The second-order valence-corrected chi connectivity index (χ2v) is 6.26. The summed E-state index contributed by atoms with van der Waals surface area (Å²) in [5.74, 6) is -2.37. The van der Waals surface area contributed by atoms with Crippen molar-refractivity contribution in [1.82, 2.24) is 4.72 Å². The molecular weight excluding hydrogens is 290 g/mol. The van der Waals surface area contributed by atoms with Crippen LogP contribution in [0, 0.1) is 11.6 Å². The first kappa shape index (κ1) is 16.8. The molecule has 0 aliphatic carbocycles. The molecule has 0 spiro atoms. The SMILES string of the molecule is CCC(O)(CC)CNS(=O)(=O)c1ccc(F)c(N)c1F. The number of sulfonamides is 1. The summed E-state index contributed by atoms with van der Waals surface area (Å²) in [6.07, 6.45) is 0.667. The van der Waals surface area contributed by atoms with Crippen LogP contribution in [0.3, 0.4) is 0 Å². The molecule has 4 N–H and O–H groups in total. The Morgan fingerprint density at radius 1 is 1.30 bits per heavy atom. The lowest BCUT2D eigenvalue weighted by Gasteiger charge is -2.25. The van der Waals surface area contributed by atoms with Crippen LogP contribution < -0.4 is 10.5 Å². The molecule has 114 valence electrons. The van der Waals surface area contributed by atoms with Crippen LogP contribution in [0.15, 0.2) is 17.0 Å². The number of benzene rings is 1. The predicted molar refractivity (Wildman–Crippen MR) is 71.5 cm³/mol. The molecule has 0 aliphatic rings. The van der Waals surface area contributed by atoms with E-state index in [1.165, 1.54) is 0 Å². The maximum atomic E-state index is 13.7. The molecule has 1 aromatic rings. The highest BCUT2D eigenvalue weighted by Gasteiger charge is 2.28. The van der Waals surface area contributed by atoms with E-state index < -0.39 is 37.8 Å². The second kappa shape index (κ2) is 6.02. The zero-order valence-electron chi connectivity index (χ0n) is 11.3. The Hall–Kier alpha value is -1.25. The summed E-state index contributed by atoms with van der Waals surface area (Å²) in [5.41, 5.74) is 3.06. The summed E-state index contributed by atoms with van der Waals surface area (Å²) in [4.78, 5) is -0.744. The zero-order valence-corrected chi connectivity index (χ0v) is 12.1. The molecule has 0 radical (unpaired) electrons. The lowest BCUT2D eigenvalue weighted by Crippen LogP contribution is -2.42. The van der Waals surface area contributed by atoms with Crippen LogP contribution in [-0.4, -0.2) is 25.7 Å². The molecular formula is C12H18F2N2O3S. The normalized spacial score (nSPS) is 12.7. The summed E-state index contributed by atoms with van der Waals surface area (Å²) >= 11 is 0. The molecule has 20 heavy (non-hydrogen) atoms. The van der Waals surface area contributed by atoms with Crippen LogP contribution in [0.4, 0.5) is 14.5 Å². The van der Waals surface area contributed by atoms with Gasteiger partial charge in [0.05, 0.1) is 5.60 Å². The minimum Gasteiger partial charge on any atom is -0.394 e. The molecule has 0 bridgehead atoms. The molecule has 0 atom stereocenters. The van der Waals surface area contributed by atoms with Crippen LogP contribution in [-0.2, 0) is 10.0 Å². The predicted octanol–water partition coefficient (Wildman–Crippen LogP) is 1.38. The molecule has 0 saturated carbocycles. The monoisotopic (exact) mass is 308 g/mol. The number of nitrogens with one attached hydrogen (secondary N) is 1. The molecule has 0 unspecified atom stereocenters. The first-order valence-corrected chi connectivity index (χ1v) is 7.60. The van der Waals surface area contributed by atoms with Gasteiger partial charge in [0.25, 0.3) is 0 Å². The van der Waals surface area contributed by atoms with E-state index >= 15 is 0 Å². The maximum absolute atomic E-state index is 13.7. The Morgan fingerprint density at radius 2 is 1.85 bits per heavy atom. The summed E-state index contributed by atoms with van der Waals surface area (Å²) in [6.45, 7) is 3.14. The van der Waals surface area contributed by atoms with Gasteiger partial charge >= 0.3 is 0 Å². The fourth-order valence-corrected chi connectivity index (χ4v) is 2.77. The van der Waals surface area contributed by atoms with E-state index in [0.717, 1.165) is 12.1 Å². The highest BCUT2D eigenvalue weighted by atomic mass is 32.2. The number of hydrogen-bond donors (Lipinski definition) is 3. The van der Waals surface area contributed by atoms with Crippen molar-refractivity contribution < 1.29 is 22.3 Å². The van der Waals surface area contributed by atoms with E-state index in [0.29, 0.717) is 12.8 Å². The van der Waals surface area contributed by atoms with Crippen LogP contribution in [0.5, 0.6) is 0 Å². The smallest absolute Gasteiger partial charge is 0.243 e. The van der Waals surface area contributed by atoms with E-state index in [9.17, 15) is 22.3 Å². The van der Waals surface area contributed by atoms with Gasteiger partial charge in [-0.2, -0.15) is 0 Å². The molecule has 0 aromatic heterocycles. The van der Waals surface area contributed by atoms with Crippen LogP contribution in [0.2, 0.25) is 0 Å². The van der Waals surface area contributed by atoms with Gasteiger partial charge in [0.15, 0.2) is 5.82 Å². The number of anilines is 1. The van der Waals surface area contributed by atoms with Gasteiger partial charge in [0.1, 0.15) is 16.4 Å². The fourth-order valence-electron chi connectivity index (χ4n) is 1.56. The van der Waals surface area contributed by atoms with E-state index in [1.54, 1.807) is 13.8 Å². The van der Waals surface area contributed by atoms with Crippen molar-refractivity contribution in [3.63, 3.8) is 0 Å². The molecule has 0 aliphatic heterocycles. The standard InChI is InChI=1S/C12H18F2N2O3S/c1-3-12(17,4-2)7-16-20(18,19)9-6-5-8(13)11(15)10(9)14/h5-6,16-17H,3-4,7,15H2,1-2H3. The van der Waals surface area contributed by atoms with Crippen LogP contribution >= 0.6 is 0 Å². The Kier molecular flexibility index (Phi) is 5.06. The average Bonchev–Trinajstić information content (AvgIpc) is 2.42. The third-order valence-corrected chi connectivity index (χ3v) is 4.71. The Bertz CT molecular complexity index is 587. The average molecular weight is 308 g/mol. The van der Waals surface area contributed by atoms with Gasteiger partial charge in [0.2, 0.25) is 10.0 Å². The van der Waals surface area contributed by atoms with Crippen molar-refractivity contribution >= 4 is 15.7 Å². The number of rotatable bonds is 6. The Balaban J connectivity index is 3.04. The summed E-state index contributed by atoms with van der Waals surface area (Å²) < 4.78 is 52.7. The zero-order chi connectivity index (χ0) is 15.6. The highest BCUT2D eigenvalue weighted by Crippen LogP contribution is 2.23. The molecule has 0 heterocycles. The van der Waals surface area contributed by atoms with Crippen molar-refractivity contribution in [1.29, 1.82) is 0 Å². The van der Waals surface area contributed by atoms with Gasteiger partial charge in [-0.05, 0) is 25.0 Å². The number of aliphatic hydroxyl groups is 1. The third kappa shape index (κ3) is 3.44. The van der Waals surface area contributed by atoms with E-state index in [4.69, 9.17) is 5.73 Å². The number of nitrogen functional groups attached to an aromatic ring is 1.